The molecule has 0 amide bonds. The van der Waals surface area contributed by atoms with E-state index in [1.807, 2.05) is 0 Å². The molecule has 0 aliphatic rings. The van der Waals surface area contributed by atoms with Gasteiger partial charge in [0.2, 0.25) is 0 Å². The van der Waals surface area contributed by atoms with Crippen molar-refractivity contribution >= 4 is 0 Å². The second-order valence-electron chi connectivity index (χ2n) is 10.8. The van der Waals surface area contributed by atoms with E-state index >= 15 is 0 Å². The highest BCUT2D eigenvalue weighted by Gasteiger charge is 2.13. The van der Waals surface area contributed by atoms with E-state index in [0.717, 1.165) is 6.42 Å². The Kier molecular flexibility index (Phi) is 23.9. The van der Waals surface area contributed by atoms with Crippen molar-refractivity contribution in [3.8, 4) is 0 Å². The van der Waals surface area contributed by atoms with Gasteiger partial charge in [-0.25, -0.2) is 0 Å². The van der Waals surface area contributed by atoms with Crippen LogP contribution in [-0.4, -0.2) is 52.2 Å². The number of hydrogen-bond donors (Lipinski definition) is 0. The quantitative estimate of drug-likeness (QED) is 0.0734. The molecule has 32 heavy (non-hydrogen) atoms. The van der Waals surface area contributed by atoms with Gasteiger partial charge in [0.05, 0.1) is 27.2 Å². The molecule has 3 heteroatoms. The second kappa shape index (κ2) is 24.0. The lowest BCUT2D eigenvalue weighted by Crippen LogP contribution is -2.41. The number of methoxy groups -OCH3 is 2. The predicted octanol–water partition coefficient (Wildman–Crippen LogP) is 8.89. The van der Waals surface area contributed by atoms with Crippen molar-refractivity contribution in [2.24, 2.45) is 0 Å². The summed E-state index contributed by atoms with van der Waals surface area (Å²) in [5, 5.41) is 0. The maximum atomic E-state index is 5.26. The predicted molar refractivity (Wildman–Crippen MR) is 142 cm³/mol. The molecule has 0 aromatic carbocycles. The van der Waals surface area contributed by atoms with Crippen molar-refractivity contribution in [2.45, 2.75) is 148 Å². The highest BCUT2D eigenvalue weighted by Crippen LogP contribution is 2.15. The lowest BCUT2D eigenvalue weighted by atomic mass is 10.0. The fourth-order valence-corrected chi connectivity index (χ4v) is 4.74. The second-order valence-corrected chi connectivity index (χ2v) is 10.8. The minimum absolute atomic E-state index is 0.0165. The molecular formula is C29H62NO2+. The van der Waals surface area contributed by atoms with Gasteiger partial charge in [-0.3, -0.25) is 0 Å². The Bertz CT molecular complexity index is 355. The number of rotatable bonds is 26. The summed E-state index contributed by atoms with van der Waals surface area (Å²) in [4.78, 5) is 0. The first-order valence-electron chi connectivity index (χ1n) is 14.4. The fraction of sp³-hybridized carbons (Fsp3) is 1.00. The monoisotopic (exact) mass is 456 g/mol. The summed E-state index contributed by atoms with van der Waals surface area (Å²) in [5.41, 5.74) is 0. The SMILES string of the molecule is CCCCCCCCCCCCCCCCCC[N+](C)(C)CCCCCCC(OC)OC. The Balaban J connectivity index is 3.33. The van der Waals surface area contributed by atoms with E-state index in [2.05, 4.69) is 21.0 Å². The summed E-state index contributed by atoms with van der Waals surface area (Å²) in [6.45, 7) is 4.96. The molecule has 0 saturated carbocycles. The normalized spacial score (nSPS) is 12.2. The average molecular weight is 457 g/mol. The van der Waals surface area contributed by atoms with Gasteiger partial charge in [-0.2, -0.15) is 0 Å². The molecule has 0 heterocycles. The largest absolute Gasteiger partial charge is 0.356 e. The highest BCUT2D eigenvalue weighted by atomic mass is 16.7. The van der Waals surface area contributed by atoms with Gasteiger partial charge >= 0.3 is 0 Å². The molecular weight excluding hydrogens is 394 g/mol. The van der Waals surface area contributed by atoms with E-state index in [0.29, 0.717) is 0 Å². The third-order valence-electron chi connectivity index (χ3n) is 7.10. The van der Waals surface area contributed by atoms with Crippen LogP contribution < -0.4 is 0 Å². The molecule has 0 radical (unpaired) electrons. The van der Waals surface area contributed by atoms with Crippen molar-refractivity contribution in [3.05, 3.63) is 0 Å². The molecule has 0 N–H and O–H groups in total. The summed E-state index contributed by atoms with van der Waals surface area (Å²) in [6, 6.07) is 0. The zero-order valence-corrected chi connectivity index (χ0v) is 23.1. The Morgan fingerprint density at radius 1 is 0.469 bits per heavy atom. The van der Waals surface area contributed by atoms with Crippen LogP contribution in [0.3, 0.4) is 0 Å². The zero-order valence-electron chi connectivity index (χ0n) is 23.1. The number of hydrogen-bond acceptors (Lipinski definition) is 2. The average Bonchev–Trinajstić information content (AvgIpc) is 2.78. The van der Waals surface area contributed by atoms with Gasteiger partial charge in [0.15, 0.2) is 6.29 Å². The summed E-state index contributed by atoms with van der Waals surface area (Å²) in [5.74, 6) is 0. The Morgan fingerprint density at radius 3 is 1.12 bits per heavy atom. The van der Waals surface area contributed by atoms with Gasteiger partial charge in [-0.1, -0.05) is 103 Å². The van der Waals surface area contributed by atoms with Crippen LogP contribution in [0, 0.1) is 0 Å². The van der Waals surface area contributed by atoms with Gasteiger partial charge in [0, 0.05) is 14.2 Å². The van der Waals surface area contributed by atoms with Gasteiger partial charge in [0.1, 0.15) is 0 Å². The van der Waals surface area contributed by atoms with E-state index in [4.69, 9.17) is 9.47 Å². The molecule has 0 atom stereocenters. The summed E-state index contributed by atoms with van der Waals surface area (Å²) < 4.78 is 11.7. The molecule has 194 valence electrons. The van der Waals surface area contributed by atoms with Crippen LogP contribution in [0.5, 0.6) is 0 Å². The first-order valence-corrected chi connectivity index (χ1v) is 14.4. The molecule has 0 aliphatic carbocycles. The molecule has 0 spiro atoms. The van der Waals surface area contributed by atoms with Crippen LogP contribution in [0.15, 0.2) is 0 Å². The summed E-state index contributed by atoms with van der Waals surface area (Å²) >= 11 is 0. The maximum Gasteiger partial charge on any atom is 0.156 e. The lowest BCUT2D eigenvalue weighted by molar-refractivity contribution is -0.890. The van der Waals surface area contributed by atoms with E-state index < -0.39 is 0 Å². The number of nitrogens with zero attached hydrogens (tertiary/aromatic N) is 1. The number of unbranched alkanes of at least 4 members (excludes halogenated alkanes) is 18. The van der Waals surface area contributed by atoms with Crippen molar-refractivity contribution in [1.29, 1.82) is 0 Å². The number of quaternary nitrogens is 1. The van der Waals surface area contributed by atoms with Crippen LogP contribution in [0.1, 0.15) is 142 Å². The molecule has 0 aliphatic heterocycles. The van der Waals surface area contributed by atoms with Crippen molar-refractivity contribution in [1.82, 2.24) is 0 Å². The molecule has 0 aromatic rings. The lowest BCUT2D eigenvalue weighted by Gasteiger charge is -2.30. The third-order valence-corrected chi connectivity index (χ3v) is 7.10. The van der Waals surface area contributed by atoms with E-state index in [1.54, 1.807) is 14.2 Å². The van der Waals surface area contributed by atoms with Crippen LogP contribution in [0.25, 0.3) is 0 Å². The topological polar surface area (TPSA) is 18.5 Å². The van der Waals surface area contributed by atoms with Crippen molar-refractivity contribution < 1.29 is 14.0 Å². The summed E-state index contributed by atoms with van der Waals surface area (Å²) in [6.07, 6.45) is 29.4. The fourth-order valence-electron chi connectivity index (χ4n) is 4.74. The Hall–Kier alpha value is -0.120. The van der Waals surface area contributed by atoms with Crippen molar-refractivity contribution in [2.75, 3.05) is 41.4 Å². The standard InChI is InChI=1S/C29H62NO2/c1-6-7-8-9-10-11-12-13-14-15-16-17-18-19-21-24-27-30(2,3)28-25-22-20-23-26-29(31-4)32-5/h29H,6-28H2,1-5H3/q+1. The molecule has 0 rings (SSSR count). The first-order chi connectivity index (χ1) is 15.6. The molecule has 0 aromatic heterocycles. The van der Waals surface area contributed by atoms with Crippen LogP contribution in [-0.2, 0) is 9.47 Å². The van der Waals surface area contributed by atoms with Crippen LogP contribution in [0.4, 0.5) is 0 Å². The van der Waals surface area contributed by atoms with Gasteiger partial charge in [-0.15, -0.1) is 0 Å². The maximum absolute atomic E-state index is 5.26. The summed E-state index contributed by atoms with van der Waals surface area (Å²) in [7, 11) is 8.29. The van der Waals surface area contributed by atoms with Crippen molar-refractivity contribution in [3.63, 3.8) is 0 Å². The van der Waals surface area contributed by atoms with Crippen LogP contribution in [0.2, 0.25) is 0 Å². The van der Waals surface area contributed by atoms with E-state index in [9.17, 15) is 0 Å². The Morgan fingerprint density at radius 2 is 0.781 bits per heavy atom. The Labute approximate surface area is 203 Å². The van der Waals surface area contributed by atoms with Gasteiger partial charge in [-0.05, 0) is 38.5 Å². The van der Waals surface area contributed by atoms with E-state index in [-0.39, 0.29) is 6.29 Å². The molecule has 0 saturated heterocycles. The minimum atomic E-state index is -0.0165. The molecule has 3 nitrogen and oxygen atoms in total. The first kappa shape index (κ1) is 31.9. The van der Waals surface area contributed by atoms with Gasteiger partial charge < -0.3 is 14.0 Å². The smallest absolute Gasteiger partial charge is 0.156 e. The third kappa shape index (κ3) is 23.1. The molecule has 0 bridgehead atoms. The van der Waals surface area contributed by atoms with Crippen LogP contribution >= 0.6 is 0 Å². The minimum Gasteiger partial charge on any atom is -0.356 e. The highest BCUT2D eigenvalue weighted by molar-refractivity contribution is 4.51. The molecule has 0 fully saturated rings. The van der Waals surface area contributed by atoms with E-state index in [1.165, 1.54) is 146 Å². The van der Waals surface area contributed by atoms with Gasteiger partial charge in [0.25, 0.3) is 0 Å². The molecule has 0 unspecified atom stereocenters. The number of ether oxygens (including phenoxy) is 2. The zero-order chi connectivity index (χ0) is 23.8.